The fourth-order valence-corrected chi connectivity index (χ4v) is 3.43. The molecule has 0 aliphatic heterocycles. The minimum atomic E-state index is -4.74. The van der Waals surface area contributed by atoms with Crippen LogP contribution in [0.3, 0.4) is 0 Å². The van der Waals surface area contributed by atoms with Crippen LogP contribution >= 0.6 is 7.82 Å². The summed E-state index contributed by atoms with van der Waals surface area (Å²) in [6.45, 7) is -0.238. The number of allylic oxidation sites excluding steroid dienone is 6. The second-order valence-electron chi connectivity index (χ2n) is 7.81. The topological polar surface area (TPSA) is 146 Å². The number of hydrogen-bond donors (Lipinski definition) is 3. The number of carbonyl (C=O) groups is 1. The fraction of sp³-hybridized carbons (Fsp3) is 0.708. The normalized spacial score (nSPS) is 15.8. The summed E-state index contributed by atoms with van der Waals surface area (Å²) in [5, 5.41) is 27.3. The fourth-order valence-electron chi connectivity index (χ4n) is 2.64. The molecule has 9 nitrogen and oxygen atoms in total. The summed E-state index contributed by atoms with van der Waals surface area (Å²) in [4.78, 5) is 23.1. The molecule has 0 aliphatic rings. The zero-order valence-electron chi connectivity index (χ0n) is 20.3. The lowest BCUT2D eigenvalue weighted by atomic mass is 10.1. The highest BCUT2D eigenvalue weighted by Crippen LogP contribution is 2.38. The van der Waals surface area contributed by atoms with Gasteiger partial charge in [0.25, 0.3) is 7.82 Å². The number of phosphoric ester groups is 1. The molecule has 3 N–H and O–H groups in total. The standard InChI is InChI=1S/C24H43O9P/c1-2-3-4-5-6-7-8-9-10-11-12-13-14-15-16-17-24(28)31-19-23(27)21-33-34(29,30)32-20-22(26)18-25/h3-4,6-7,9-10,22-23,25-27H,2,5,8,11-21H2,1H3,(H,29,30)/p-1/b4-3-,7-6-,10-9-/t22-,23+/m0/s1. The van der Waals surface area contributed by atoms with E-state index in [1.54, 1.807) is 0 Å². The molecule has 34 heavy (non-hydrogen) atoms. The van der Waals surface area contributed by atoms with Crippen molar-refractivity contribution >= 4 is 13.8 Å². The summed E-state index contributed by atoms with van der Waals surface area (Å²) in [7, 11) is -4.74. The van der Waals surface area contributed by atoms with Gasteiger partial charge in [0.15, 0.2) is 0 Å². The van der Waals surface area contributed by atoms with Crippen molar-refractivity contribution in [3.05, 3.63) is 36.5 Å². The summed E-state index contributed by atoms with van der Waals surface area (Å²) in [5.74, 6) is -0.465. The molecule has 0 heterocycles. The SMILES string of the molecule is CC/C=C\C/C=C\C/C=C\CCCCCCCC(=O)OC[C@@H](O)COP(=O)([O-])OC[C@@H](O)CO. The van der Waals surface area contributed by atoms with E-state index in [-0.39, 0.29) is 6.42 Å². The highest BCUT2D eigenvalue weighted by atomic mass is 31.2. The molecule has 1 unspecified atom stereocenters. The van der Waals surface area contributed by atoms with E-state index in [0.717, 1.165) is 51.4 Å². The van der Waals surface area contributed by atoms with Crippen LogP contribution in [0.15, 0.2) is 36.5 Å². The highest BCUT2D eigenvalue weighted by Gasteiger charge is 2.16. The van der Waals surface area contributed by atoms with Gasteiger partial charge >= 0.3 is 5.97 Å². The van der Waals surface area contributed by atoms with Crippen molar-refractivity contribution in [3.63, 3.8) is 0 Å². The Morgan fingerprint density at radius 2 is 1.41 bits per heavy atom. The average Bonchev–Trinajstić information content (AvgIpc) is 2.82. The zero-order valence-corrected chi connectivity index (χ0v) is 21.2. The molecular weight excluding hydrogens is 463 g/mol. The number of esters is 1. The van der Waals surface area contributed by atoms with E-state index in [9.17, 15) is 19.4 Å². The smallest absolute Gasteiger partial charge is 0.305 e. The molecular formula is C24H42O9P-. The molecule has 198 valence electrons. The average molecular weight is 506 g/mol. The maximum atomic E-state index is 11.7. The quantitative estimate of drug-likeness (QED) is 0.0872. The third-order valence-electron chi connectivity index (χ3n) is 4.53. The van der Waals surface area contributed by atoms with Gasteiger partial charge in [0, 0.05) is 6.42 Å². The molecule has 0 aromatic heterocycles. The van der Waals surface area contributed by atoms with Crippen LogP contribution in [-0.4, -0.2) is 59.9 Å². The van der Waals surface area contributed by atoms with Crippen molar-refractivity contribution in [1.82, 2.24) is 0 Å². The van der Waals surface area contributed by atoms with Gasteiger partial charge in [0.05, 0.1) is 19.8 Å². The van der Waals surface area contributed by atoms with Crippen LogP contribution in [0.5, 0.6) is 0 Å². The number of phosphoric acid groups is 1. The van der Waals surface area contributed by atoms with E-state index in [4.69, 9.17) is 14.9 Å². The van der Waals surface area contributed by atoms with Crippen molar-refractivity contribution < 1.29 is 43.4 Å². The van der Waals surface area contributed by atoms with E-state index in [2.05, 4.69) is 52.4 Å². The summed E-state index contributed by atoms with van der Waals surface area (Å²) in [5.41, 5.74) is 0. The first-order valence-corrected chi connectivity index (χ1v) is 13.4. The molecule has 0 bridgehead atoms. The van der Waals surface area contributed by atoms with E-state index >= 15 is 0 Å². The number of ether oxygens (including phenoxy) is 1. The van der Waals surface area contributed by atoms with Crippen molar-refractivity contribution in [2.24, 2.45) is 0 Å². The van der Waals surface area contributed by atoms with Gasteiger partial charge < -0.3 is 34.0 Å². The molecule has 3 atom stereocenters. The van der Waals surface area contributed by atoms with Gasteiger partial charge in [-0.15, -0.1) is 0 Å². The molecule has 0 aromatic carbocycles. The summed E-state index contributed by atoms with van der Waals surface area (Å²) >= 11 is 0. The van der Waals surface area contributed by atoms with Crippen LogP contribution in [0.25, 0.3) is 0 Å². The van der Waals surface area contributed by atoms with Gasteiger partial charge in [0.1, 0.15) is 18.8 Å². The van der Waals surface area contributed by atoms with E-state index < -0.39 is 52.4 Å². The van der Waals surface area contributed by atoms with Gasteiger partial charge in [-0.2, -0.15) is 0 Å². The first kappa shape index (κ1) is 32.7. The lowest BCUT2D eigenvalue weighted by Gasteiger charge is -2.24. The number of aliphatic hydroxyl groups excluding tert-OH is 3. The van der Waals surface area contributed by atoms with Gasteiger partial charge in [0.2, 0.25) is 0 Å². The molecule has 0 aromatic rings. The Labute approximate surface area is 203 Å². The molecule has 0 rings (SSSR count). The van der Waals surface area contributed by atoms with Crippen molar-refractivity contribution in [1.29, 1.82) is 0 Å². The van der Waals surface area contributed by atoms with Crippen LogP contribution in [0, 0.1) is 0 Å². The van der Waals surface area contributed by atoms with Gasteiger partial charge in [-0.05, 0) is 38.5 Å². The van der Waals surface area contributed by atoms with Crippen LogP contribution in [0.2, 0.25) is 0 Å². The predicted octanol–water partition coefficient (Wildman–Crippen LogP) is 3.33. The largest absolute Gasteiger partial charge is 0.756 e. The first-order valence-electron chi connectivity index (χ1n) is 12.0. The molecule has 0 aliphatic carbocycles. The first-order chi connectivity index (χ1) is 16.3. The summed E-state index contributed by atoms with van der Waals surface area (Å²) in [6, 6.07) is 0. The van der Waals surface area contributed by atoms with Crippen molar-refractivity contribution in [3.8, 4) is 0 Å². The second kappa shape index (κ2) is 22.2. The minimum absolute atomic E-state index is 0.232. The van der Waals surface area contributed by atoms with Crippen LogP contribution < -0.4 is 4.89 Å². The Hall–Kier alpha value is -1.32. The third kappa shape index (κ3) is 22.5. The monoisotopic (exact) mass is 505 g/mol. The van der Waals surface area contributed by atoms with Gasteiger partial charge in [-0.25, -0.2) is 0 Å². The van der Waals surface area contributed by atoms with Gasteiger partial charge in [-0.1, -0.05) is 62.6 Å². The molecule has 0 saturated carbocycles. The Balaban J connectivity index is 3.64. The van der Waals surface area contributed by atoms with Crippen LogP contribution in [0.1, 0.15) is 71.1 Å². The predicted molar refractivity (Wildman–Crippen MR) is 129 cm³/mol. The maximum absolute atomic E-state index is 11.7. The van der Waals surface area contributed by atoms with Crippen molar-refractivity contribution in [2.75, 3.05) is 26.4 Å². The van der Waals surface area contributed by atoms with Crippen molar-refractivity contribution in [2.45, 2.75) is 83.3 Å². The van der Waals surface area contributed by atoms with E-state index in [0.29, 0.717) is 6.42 Å². The molecule has 0 saturated heterocycles. The number of unbranched alkanes of at least 4 members (excludes halogenated alkanes) is 5. The van der Waals surface area contributed by atoms with E-state index in [1.165, 1.54) is 0 Å². The number of aliphatic hydroxyl groups is 3. The summed E-state index contributed by atoms with van der Waals surface area (Å²) < 4.78 is 25.1. The number of hydrogen-bond acceptors (Lipinski definition) is 9. The van der Waals surface area contributed by atoms with Crippen LogP contribution in [-0.2, 0) is 23.1 Å². The summed E-state index contributed by atoms with van der Waals surface area (Å²) in [6.07, 6.45) is 19.5. The minimum Gasteiger partial charge on any atom is -0.756 e. The van der Waals surface area contributed by atoms with Crippen LogP contribution in [0.4, 0.5) is 0 Å². The molecule has 0 fully saturated rings. The van der Waals surface area contributed by atoms with E-state index in [1.807, 2.05) is 0 Å². The molecule has 10 heteroatoms. The Kier molecular flexibility index (Phi) is 21.3. The molecule has 0 amide bonds. The second-order valence-corrected chi connectivity index (χ2v) is 9.22. The Bertz CT molecular complexity index is 634. The highest BCUT2D eigenvalue weighted by molar-refractivity contribution is 7.45. The zero-order chi connectivity index (χ0) is 25.5. The third-order valence-corrected chi connectivity index (χ3v) is 5.46. The lowest BCUT2D eigenvalue weighted by Crippen LogP contribution is -2.26. The number of rotatable bonds is 22. The molecule has 0 spiro atoms. The lowest BCUT2D eigenvalue weighted by molar-refractivity contribution is -0.229. The Morgan fingerprint density at radius 1 is 0.853 bits per heavy atom. The number of carbonyl (C=O) groups excluding carboxylic acids is 1. The Morgan fingerprint density at radius 3 is 2.06 bits per heavy atom. The maximum Gasteiger partial charge on any atom is 0.305 e. The van der Waals surface area contributed by atoms with Gasteiger partial charge in [-0.3, -0.25) is 9.36 Å². The molecule has 0 radical (unpaired) electrons.